The quantitative estimate of drug-likeness (QED) is 0.509. The SMILES string of the molecule is CCOC(=O)c1cc(C)n(Cc2cc(Cl)cc([N+](=O)[O-])c2O)n1. The summed E-state index contributed by atoms with van der Waals surface area (Å²) >= 11 is 5.85. The Morgan fingerprint density at radius 2 is 2.17 bits per heavy atom. The van der Waals surface area contributed by atoms with Gasteiger partial charge in [0.2, 0.25) is 0 Å². The lowest BCUT2D eigenvalue weighted by Crippen LogP contribution is -2.09. The fraction of sp³-hybridized carbons (Fsp3) is 0.286. The van der Waals surface area contributed by atoms with Crippen molar-refractivity contribution in [1.82, 2.24) is 9.78 Å². The highest BCUT2D eigenvalue weighted by molar-refractivity contribution is 6.31. The predicted octanol–water partition coefficient (Wildman–Crippen LogP) is 2.68. The van der Waals surface area contributed by atoms with Gasteiger partial charge in [0.25, 0.3) is 0 Å². The molecule has 0 bridgehead atoms. The van der Waals surface area contributed by atoms with Crippen LogP contribution in [0, 0.1) is 17.0 Å². The molecular weight excluding hydrogens is 326 g/mol. The van der Waals surface area contributed by atoms with Gasteiger partial charge in [0, 0.05) is 22.3 Å². The Kier molecular flexibility index (Phi) is 4.85. The molecule has 1 aromatic carbocycles. The minimum atomic E-state index is -0.718. The lowest BCUT2D eigenvalue weighted by Gasteiger charge is -2.08. The number of hydrogen-bond acceptors (Lipinski definition) is 6. The molecule has 0 saturated heterocycles. The molecule has 0 aliphatic heterocycles. The van der Waals surface area contributed by atoms with Gasteiger partial charge < -0.3 is 9.84 Å². The molecule has 0 unspecified atom stereocenters. The first-order valence-electron chi connectivity index (χ1n) is 6.70. The molecular formula is C14H14ClN3O5. The molecule has 0 fully saturated rings. The predicted molar refractivity (Wildman–Crippen MR) is 81.8 cm³/mol. The van der Waals surface area contributed by atoms with E-state index in [1.807, 2.05) is 0 Å². The highest BCUT2D eigenvalue weighted by Gasteiger charge is 2.20. The molecule has 8 nitrogen and oxygen atoms in total. The van der Waals surface area contributed by atoms with Crippen LogP contribution in [-0.2, 0) is 11.3 Å². The second kappa shape index (κ2) is 6.66. The van der Waals surface area contributed by atoms with Crippen molar-refractivity contribution in [2.45, 2.75) is 20.4 Å². The highest BCUT2D eigenvalue weighted by Crippen LogP contribution is 2.33. The van der Waals surface area contributed by atoms with E-state index in [9.17, 15) is 20.0 Å². The van der Waals surface area contributed by atoms with Crippen LogP contribution in [0.4, 0.5) is 5.69 Å². The molecule has 2 rings (SSSR count). The molecule has 0 radical (unpaired) electrons. The fourth-order valence-electron chi connectivity index (χ4n) is 2.04. The van der Waals surface area contributed by atoms with Crippen LogP contribution in [0.3, 0.4) is 0 Å². The first-order valence-corrected chi connectivity index (χ1v) is 7.08. The van der Waals surface area contributed by atoms with Gasteiger partial charge in [-0.25, -0.2) is 4.79 Å². The van der Waals surface area contributed by atoms with E-state index in [1.165, 1.54) is 16.8 Å². The maximum Gasteiger partial charge on any atom is 0.358 e. The van der Waals surface area contributed by atoms with Crippen LogP contribution in [-0.4, -0.2) is 32.4 Å². The van der Waals surface area contributed by atoms with Crippen LogP contribution >= 0.6 is 11.6 Å². The molecule has 9 heteroatoms. The Hall–Kier alpha value is -2.61. The maximum atomic E-state index is 11.7. The fourth-order valence-corrected chi connectivity index (χ4v) is 2.27. The molecule has 0 aliphatic rings. The third-order valence-electron chi connectivity index (χ3n) is 3.12. The van der Waals surface area contributed by atoms with E-state index in [0.29, 0.717) is 5.69 Å². The minimum absolute atomic E-state index is 0.0263. The number of phenols is 1. The van der Waals surface area contributed by atoms with Gasteiger partial charge in [-0.3, -0.25) is 14.8 Å². The van der Waals surface area contributed by atoms with Gasteiger partial charge in [-0.2, -0.15) is 5.10 Å². The number of nitrogens with zero attached hydrogens (tertiary/aromatic N) is 3. The standard InChI is InChI=1S/C14H14ClN3O5/c1-3-23-14(20)11-4-8(2)17(16-11)7-9-5-10(15)6-12(13(9)19)18(21)22/h4-6,19H,3,7H2,1-2H3. The molecule has 0 amide bonds. The van der Waals surface area contributed by atoms with Crippen LogP contribution in [0.1, 0.15) is 28.7 Å². The zero-order valence-electron chi connectivity index (χ0n) is 12.4. The van der Waals surface area contributed by atoms with Crippen LogP contribution in [0.15, 0.2) is 18.2 Å². The number of aromatic hydroxyl groups is 1. The van der Waals surface area contributed by atoms with Crippen molar-refractivity contribution < 1.29 is 19.6 Å². The van der Waals surface area contributed by atoms with E-state index >= 15 is 0 Å². The zero-order chi connectivity index (χ0) is 17.1. The second-order valence-corrected chi connectivity index (χ2v) is 5.18. The van der Waals surface area contributed by atoms with Gasteiger partial charge in [-0.05, 0) is 26.0 Å². The monoisotopic (exact) mass is 339 g/mol. The Balaban J connectivity index is 2.36. The van der Waals surface area contributed by atoms with E-state index in [0.717, 1.165) is 6.07 Å². The molecule has 1 aromatic heterocycles. The molecule has 2 aromatic rings. The molecule has 0 atom stereocenters. The van der Waals surface area contributed by atoms with Crippen LogP contribution in [0.25, 0.3) is 0 Å². The lowest BCUT2D eigenvalue weighted by molar-refractivity contribution is -0.385. The first kappa shape index (κ1) is 16.8. The van der Waals surface area contributed by atoms with Crippen molar-refractivity contribution in [3.63, 3.8) is 0 Å². The lowest BCUT2D eigenvalue weighted by atomic mass is 10.1. The highest BCUT2D eigenvalue weighted by atomic mass is 35.5. The number of nitro benzene ring substituents is 1. The van der Waals surface area contributed by atoms with E-state index in [2.05, 4.69) is 5.10 Å². The molecule has 1 heterocycles. The van der Waals surface area contributed by atoms with Crippen LogP contribution in [0.5, 0.6) is 5.75 Å². The Labute approximate surface area is 136 Å². The number of halogens is 1. The summed E-state index contributed by atoms with van der Waals surface area (Å²) in [5.74, 6) is -1.04. The number of esters is 1. The summed E-state index contributed by atoms with van der Waals surface area (Å²) in [6.45, 7) is 3.65. The van der Waals surface area contributed by atoms with E-state index in [-0.39, 0.29) is 29.4 Å². The van der Waals surface area contributed by atoms with E-state index in [4.69, 9.17) is 16.3 Å². The largest absolute Gasteiger partial charge is 0.502 e. The zero-order valence-corrected chi connectivity index (χ0v) is 13.2. The molecule has 23 heavy (non-hydrogen) atoms. The number of benzene rings is 1. The first-order chi connectivity index (χ1) is 10.8. The number of aromatic nitrogens is 2. The topological polar surface area (TPSA) is 107 Å². The van der Waals surface area contributed by atoms with Gasteiger partial charge in [-0.15, -0.1) is 0 Å². The number of ether oxygens (including phenoxy) is 1. The van der Waals surface area contributed by atoms with Crippen LogP contribution < -0.4 is 0 Å². The summed E-state index contributed by atoms with van der Waals surface area (Å²) in [6.07, 6.45) is 0. The van der Waals surface area contributed by atoms with E-state index in [1.54, 1.807) is 13.8 Å². The number of carbonyl (C=O) groups is 1. The average molecular weight is 340 g/mol. The second-order valence-electron chi connectivity index (χ2n) is 4.74. The van der Waals surface area contributed by atoms with Crippen molar-refractivity contribution >= 4 is 23.3 Å². The molecule has 0 aliphatic carbocycles. The summed E-state index contributed by atoms with van der Waals surface area (Å²) < 4.78 is 6.30. The number of phenolic OH excluding ortho intramolecular Hbond substituents is 1. The van der Waals surface area contributed by atoms with Crippen molar-refractivity contribution in [3.05, 3.63) is 50.3 Å². The summed E-state index contributed by atoms with van der Waals surface area (Å²) in [4.78, 5) is 21.9. The van der Waals surface area contributed by atoms with Crippen molar-refractivity contribution in [1.29, 1.82) is 0 Å². The number of carbonyl (C=O) groups excluding carboxylic acids is 1. The molecule has 0 spiro atoms. The Morgan fingerprint density at radius 3 is 2.78 bits per heavy atom. The van der Waals surface area contributed by atoms with Crippen molar-refractivity contribution in [2.24, 2.45) is 0 Å². The average Bonchev–Trinajstić information content (AvgIpc) is 2.84. The number of aryl methyl sites for hydroxylation is 1. The van der Waals surface area contributed by atoms with Gasteiger partial charge in [0.05, 0.1) is 18.1 Å². The number of rotatable bonds is 5. The van der Waals surface area contributed by atoms with Gasteiger partial charge >= 0.3 is 11.7 Å². The van der Waals surface area contributed by atoms with Crippen LogP contribution in [0.2, 0.25) is 5.02 Å². The Morgan fingerprint density at radius 1 is 1.48 bits per heavy atom. The van der Waals surface area contributed by atoms with Crippen molar-refractivity contribution in [3.8, 4) is 5.75 Å². The normalized spacial score (nSPS) is 10.6. The molecule has 0 saturated carbocycles. The molecule has 122 valence electrons. The number of nitro groups is 1. The van der Waals surface area contributed by atoms with Crippen molar-refractivity contribution in [2.75, 3.05) is 6.61 Å². The smallest absolute Gasteiger partial charge is 0.358 e. The third-order valence-corrected chi connectivity index (χ3v) is 3.33. The van der Waals surface area contributed by atoms with Gasteiger partial charge in [-0.1, -0.05) is 11.6 Å². The summed E-state index contributed by atoms with van der Waals surface area (Å²) in [6, 6.07) is 4.02. The van der Waals surface area contributed by atoms with Gasteiger partial charge in [0.1, 0.15) is 0 Å². The van der Waals surface area contributed by atoms with Gasteiger partial charge in [0.15, 0.2) is 11.4 Å². The Bertz CT molecular complexity index is 772. The van der Waals surface area contributed by atoms with E-state index < -0.39 is 22.3 Å². The molecule has 1 N–H and O–H groups in total. The summed E-state index contributed by atoms with van der Waals surface area (Å²) in [5, 5.41) is 25.1. The minimum Gasteiger partial charge on any atom is -0.502 e. The summed E-state index contributed by atoms with van der Waals surface area (Å²) in [7, 11) is 0. The number of hydrogen-bond donors (Lipinski definition) is 1. The summed E-state index contributed by atoms with van der Waals surface area (Å²) in [5.41, 5.74) is 0.504. The maximum absolute atomic E-state index is 11.7. The third kappa shape index (κ3) is 3.59.